The molecule has 0 saturated heterocycles. The summed E-state index contributed by atoms with van der Waals surface area (Å²) in [6, 6.07) is 9.45. The van der Waals surface area contributed by atoms with Gasteiger partial charge in [0.15, 0.2) is 10.6 Å². The molecule has 1 aromatic carbocycles. The van der Waals surface area contributed by atoms with Gasteiger partial charge in [-0.05, 0) is 37.5 Å². The van der Waals surface area contributed by atoms with Crippen molar-refractivity contribution in [3.05, 3.63) is 51.3 Å². The molecule has 0 unspecified atom stereocenters. The van der Waals surface area contributed by atoms with E-state index in [1.165, 1.54) is 49.1 Å². The maximum atomic E-state index is 12.5. The Hall–Kier alpha value is -1.68. The summed E-state index contributed by atoms with van der Waals surface area (Å²) in [5.41, 5.74) is 2.48. The maximum absolute atomic E-state index is 12.5. The van der Waals surface area contributed by atoms with E-state index in [9.17, 15) is 4.79 Å². The minimum Gasteiger partial charge on any atom is -0.313 e. The number of thiazole rings is 1. The molecule has 4 heteroatoms. The van der Waals surface area contributed by atoms with E-state index in [2.05, 4.69) is 0 Å². The number of ketones is 1. The van der Waals surface area contributed by atoms with Crippen molar-refractivity contribution in [2.75, 3.05) is 0 Å². The summed E-state index contributed by atoms with van der Waals surface area (Å²) < 4.78 is 1.96. The SMILES string of the molecule is N=c1sc2c(n1CC(=O)c1ccccc1)CCC1(CCCCC1)C2. The second-order valence-corrected chi connectivity index (χ2v) is 8.47. The van der Waals surface area contributed by atoms with Gasteiger partial charge in [0.25, 0.3) is 0 Å². The predicted molar refractivity (Wildman–Crippen MR) is 96.5 cm³/mol. The van der Waals surface area contributed by atoms with Gasteiger partial charge in [0.1, 0.15) is 0 Å². The van der Waals surface area contributed by atoms with E-state index in [-0.39, 0.29) is 5.78 Å². The summed E-state index contributed by atoms with van der Waals surface area (Å²) in [5, 5.41) is 8.35. The Bertz CT molecular complexity index is 797. The lowest BCUT2D eigenvalue weighted by Gasteiger charge is -2.40. The van der Waals surface area contributed by atoms with E-state index in [1.54, 1.807) is 11.3 Å². The molecule has 1 fully saturated rings. The van der Waals surface area contributed by atoms with E-state index in [0.717, 1.165) is 18.4 Å². The van der Waals surface area contributed by atoms with E-state index in [0.29, 0.717) is 16.8 Å². The molecular formula is C20H24N2OS. The molecule has 0 aliphatic heterocycles. The van der Waals surface area contributed by atoms with Gasteiger partial charge in [-0.2, -0.15) is 0 Å². The van der Waals surface area contributed by atoms with E-state index in [4.69, 9.17) is 5.41 Å². The molecule has 2 aromatic rings. The molecule has 24 heavy (non-hydrogen) atoms. The smallest absolute Gasteiger partial charge is 0.182 e. The minimum absolute atomic E-state index is 0.104. The number of benzene rings is 1. The number of nitrogens with one attached hydrogen (secondary N) is 1. The van der Waals surface area contributed by atoms with E-state index >= 15 is 0 Å². The van der Waals surface area contributed by atoms with Gasteiger partial charge < -0.3 is 4.57 Å². The Morgan fingerprint density at radius 3 is 2.62 bits per heavy atom. The molecule has 1 saturated carbocycles. The standard InChI is InChI=1S/C20H24N2OS/c21-19-22(14-17(23)15-7-3-1-4-8-15)16-9-12-20(13-18(16)24-19)10-5-2-6-11-20/h1,3-4,7-8,21H,2,5-6,9-14H2. The van der Waals surface area contributed by atoms with Crippen LogP contribution in [-0.2, 0) is 19.4 Å². The molecule has 126 valence electrons. The van der Waals surface area contributed by atoms with Gasteiger partial charge in [-0.1, -0.05) is 49.6 Å². The third kappa shape index (κ3) is 2.88. The molecule has 0 bridgehead atoms. The zero-order chi connectivity index (χ0) is 16.6. The first-order valence-corrected chi connectivity index (χ1v) is 9.83. The number of carbonyl (C=O) groups is 1. The van der Waals surface area contributed by atoms with Gasteiger partial charge in [-0.25, -0.2) is 0 Å². The number of carbonyl (C=O) groups excluding carboxylic acids is 1. The van der Waals surface area contributed by atoms with Gasteiger partial charge in [-0.15, -0.1) is 11.3 Å². The molecule has 2 aliphatic carbocycles. The van der Waals surface area contributed by atoms with Crippen molar-refractivity contribution in [2.24, 2.45) is 5.41 Å². The van der Waals surface area contributed by atoms with Crippen LogP contribution in [-0.4, -0.2) is 10.4 Å². The van der Waals surface area contributed by atoms with Gasteiger partial charge in [0, 0.05) is 16.1 Å². The number of fused-ring (bicyclic) bond motifs is 1. The zero-order valence-electron chi connectivity index (χ0n) is 14.0. The van der Waals surface area contributed by atoms with E-state index in [1.807, 2.05) is 34.9 Å². The number of aromatic nitrogens is 1. The lowest BCUT2D eigenvalue weighted by Crippen LogP contribution is -2.32. The highest BCUT2D eigenvalue weighted by atomic mass is 32.1. The summed E-state index contributed by atoms with van der Waals surface area (Å²) in [7, 11) is 0. The van der Waals surface area contributed by atoms with Crippen LogP contribution < -0.4 is 4.80 Å². The van der Waals surface area contributed by atoms with E-state index < -0.39 is 0 Å². The molecule has 0 amide bonds. The maximum Gasteiger partial charge on any atom is 0.182 e. The van der Waals surface area contributed by atoms with Gasteiger partial charge >= 0.3 is 0 Å². The molecular weight excluding hydrogens is 316 g/mol. The lowest BCUT2D eigenvalue weighted by atomic mass is 9.66. The van der Waals surface area contributed by atoms with Crippen molar-refractivity contribution >= 4 is 17.1 Å². The molecule has 1 spiro atoms. The number of hydrogen-bond donors (Lipinski definition) is 1. The van der Waals surface area contributed by atoms with Crippen LogP contribution in [0.5, 0.6) is 0 Å². The first kappa shape index (κ1) is 15.8. The number of nitrogens with zero attached hydrogens (tertiary/aromatic N) is 1. The molecule has 1 aromatic heterocycles. The van der Waals surface area contributed by atoms with Gasteiger partial charge in [-0.3, -0.25) is 10.2 Å². The molecule has 4 rings (SSSR count). The third-order valence-corrected chi connectivity index (χ3v) is 6.89. The average Bonchev–Trinajstić information content (AvgIpc) is 2.91. The zero-order valence-corrected chi connectivity index (χ0v) is 14.8. The average molecular weight is 340 g/mol. The summed E-state index contributed by atoms with van der Waals surface area (Å²) in [4.78, 5) is 14.5. The Balaban J connectivity index is 1.59. The third-order valence-electron chi connectivity index (χ3n) is 5.85. The molecule has 0 radical (unpaired) electrons. The van der Waals surface area contributed by atoms with Crippen LogP contribution in [0.4, 0.5) is 0 Å². The van der Waals surface area contributed by atoms with Crippen LogP contribution in [0.3, 0.4) is 0 Å². The Kier molecular flexibility index (Phi) is 4.17. The lowest BCUT2D eigenvalue weighted by molar-refractivity contribution is 0.0968. The number of rotatable bonds is 3. The number of hydrogen-bond acceptors (Lipinski definition) is 3. The summed E-state index contributed by atoms with van der Waals surface area (Å²) in [5.74, 6) is 0.104. The minimum atomic E-state index is 0.104. The van der Waals surface area contributed by atoms with Crippen LogP contribution in [0.2, 0.25) is 0 Å². The van der Waals surface area contributed by atoms with Crippen LogP contribution >= 0.6 is 11.3 Å². The van der Waals surface area contributed by atoms with Crippen molar-refractivity contribution in [1.29, 1.82) is 5.41 Å². The first-order chi connectivity index (χ1) is 11.7. The summed E-state index contributed by atoms with van der Waals surface area (Å²) in [6.07, 6.45) is 10.2. The monoisotopic (exact) mass is 340 g/mol. The quantitative estimate of drug-likeness (QED) is 0.830. The van der Waals surface area contributed by atoms with Crippen LogP contribution in [0.1, 0.15) is 59.5 Å². The second-order valence-electron chi connectivity index (χ2n) is 7.39. The topological polar surface area (TPSA) is 45.9 Å². The van der Waals surface area contributed by atoms with Crippen molar-refractivity contribution in [1.82, 2.24) is 4.57 Å². The Morgan fingerprint density at radius 1 is 1.12 bits per heavy atom. The van der Waals surface area contributed by atoms with Crippen molar-refractivity contribution in [3.8, 4) is 0 Å². The largest absolute Gasteiger partial charge is 0.313 e. The molecule has 1 heterocycles. The molecule has 1 N–H and O–H groups in total. The fourth-order valence-electron chi connectivity index (χ4n) is 4.48. The molecule has 0 atom stereocenters. The van der Waals surface area contributed by atoms with Crippen LogP contribution in [0.15, 0.2) is 30.3 Å². The van der Waals surface area contributed by atoms with Crippen molar-refractivity contribution in [3.63, 3.8) is 0 Å². The highest BCUT2D eigenvalue weighted by molar-refractivity contribution is 7.09. The Labute approximate surface area is 146 Å². The summed E-state index contributed by atoms with van der Waals surface area (Å²) in [6.45, 7) is 0.307. The highest BCUT2D eigenvalue weighted by Crippen LogP contribution is 2.46. The van der Waals surface area contributed by atoms with Crippen LogP contribution in [0.25, 0.3) is 0 Å². The number of Topliss-reactive ketones (excluding diaryl/α,β-unsaturated/α-hetero) is 1. The predicted octanol–water partition coefficient (Wildman–Crippen LogP) is 4.35. The molecule has 2 aliphatic rings. The van der Waals surface area contributed by atoms with Gasteiger partial charge in [0.05, 0.1) is 6.54 Å². The fraction of sp³-hybridized carbons (Fsp3) is 0.500. The fourth-order valence-corrected chi connectivity index (χ4v) is 5.71. The Morgan fingerprint density at radius 2 is 1.88 bits per heavy atom. The normalized spacial score (nSPS) is 19.2. The molecule has 3 nitrogen and oxygen atoms in total. The summed E-state index contributed by atoms with van der Waals surface area (Å²) >= 11 is 1.60. The van der Waals surface area contributed by atoms with Crippen molar-refractivity contribution < 1.29 is 4.79 Å². The van der Waals surface area contributed by atoms with Gasteiger partial charge in [0.2, 0.25) is 0 Å². The van der Waals surface area contributed by atoms with Crippen molar-refractivity contribution in [2.45, 2.75) is 57.9 Å². The first-order valence-electron chi connectivity index (χ1n) is 9.01. The van der Waals surface area contributed by atoms with Crippen LogP contribution in [0, 0.1) is 10.8 Å². The second kappa shape index (κ2) is 6.32. The highest BCUT2D eigenvalue weighted by Gasteiger charge is 2.37.